The van der Waals surface area contributed by atoms with Crippen molar-refractivity contribution < 1.29 is 14.6 Å². The largest absolute Gasteiger partial charge is 0.478 e. The molecule has 0 amide bonds. The minimum absolute atomic E-state index is 0.231. The highest BCUT2D eigenvalue weighted by atomic mass is 16.5. The van der Waals surface area contributed by atoms with E-state index in [0.717, 1.165) is 24.1 Å². The maximum absolute atomic E-state index is 11.0. The van der Waals surface area contributed by atoms with Gasteiger partial charge in [0.15, 0.2) is 11.5 Å². The van der Waals surface area contributed by atoms with Crippen molar-refractivity contribution in [2.75, 3.05) is 5.32 Å². The van der Waals surface area contributed by atoms with Crippen LogP contribution in [0.15, 0.2) is 36.8 Å². The van der Waals surface area contributed by atoms with E-state index < -0.39 is 5.97 Å². The molecule has 7 heteroatoms. The normalized spacial score (nSPS) is 13.9. The van der Waals surface area contributed by atoms with Gasteiger partial charge in [-0.05, 0) is 43.5 Å². The standard InChI is InChI=1S/C17H16N4O3/c1-10-8-11(17(22)23)2-5-13(10)24-14-9-21-7-6-18-16(21)15(20-14)19-12-3-4-12/h2,5-9,12H,3-4H2,1H3,(H,19,20)(H,22,23). The Bertz CT molecular complexity index is 931. The summed E-state index contributed by atoms with van der Waals surface area (Å²) in [7, 11) is 0. The van der Waals surface area contributed by atoms with Crippen LogP contribution in [0, 0.1) is 6.92 Å². The SMILES string of the molecule is Cc1cc(C(=O)O)ccc1Oc1cn2ccnc2c(NC2CC2)n1. The van der Waals surface area contributed by atoms with Crippen LogP contribution < -0.4 is 10.1 Å². The lowest BCUT2D eigenvalue weighted by Crippen LogP contribution is -2.06. The van der Waals surface area contributed by atoms with E-state index >= 15 is 0 Å². The maximum atomic E-state index is 11.0. The number of ether oxygens (including phenoxy) is 1. The number of nitrogens with zero attached hydrogens (tertiary/aromatic N) is 3. The van der Waals surface area contributed by atoms with Crippen LogP contribution in [-0.2, 0) is 0 Å². The number of hydrogen-bond donors (Lipinski definition) is 2. The zero-order chi connectivity index (χ0) is 16.7. The van der Waals surface area contributed by atoms with Crippen LogP contribution in [0.2, 0.25) is 0 Å². The third-order valence-corrected chi connectivity index (χ3v) is 3.91. The summed E-state index contributed by atoms with van der Waals surface area (Å²) in [5.41, 5.74) is 1.72. The van der Waals surface area contributed by atoms with Gasteiger partial charge < -0.3 is 15.2 Å². The van der Waals surface area contributed by atoms with E-state index in [0.29, 0.717) is 23.5 Å². The van der Waals surface area contributed by atoms with E-state index in [1.807, 2.05) is 10.6 Å². The molecule has 0 atom stereocenters. The van der Waals surface area contributed by atoms with Gasteiger partial charge in [0.2, 0.25) is 5.88 Å². The van der Waals surface area contributed by atoms with Gasteiger partial charge >= 0.3 is 5.97 Å². The van der Waals surface area contributed by atoms with Crippen LogP contribution in [0.1, 0.15) is 28.8 Å². The molecule has 0 bridgehead atoms. The van der Waals surface area contributed by atoms with E-state index in [4.69, 9.17) is 9.84 Å². The number of aryl methyl sites for hydroxylation is 1. The summed E-state index contributed by atoms with van der Waals surface area (Å²) in [5.74, 6) is 0.734. The third-order valence-electron chi connectivity index (χ3n) is 3.91. The fourth-order valence-electron chi connectivity index (χ4n) is 2.49. The molecule has 2 N–H and O–H groups in total. The third kappa shape index (κ3) is 2.76. The van der Waals surface area contributed by atoms with Crippen molar-refractivity contribution in [3.63, 3.8) is 0 Å². The van der Waals surface area contributed by atoms with Crippen molar-refractivity contribution in [2.45, 2.75) is 25.8 Å². The molecule has 122 valence electrons. The molecule has 1 aromatic carbocycles. The smallest absolute Gasteiger partial charge is 0.335 e. The number of aromatic nitrogens is 3. The summed E-state index contributed by atoms with van der Waals surface area (Å²) in [5, 5.41) is 12.4. The second-order valence-corrected chi connectivity index (χ2v) is 5.89. The lowest BCUT2D eigenvalue weighted by Gasteiger charge is -2.11. The summed E-state index contributed by atoms with van der Waals surface area (Å²) in [6.07, 6.45) is 7.57. The van der Waals surface area contributed by atoms with E-state index in [9.17, 15) is 4.79 Å². The number of carboxylic acid groups (broad SMARTS) is 1. The van der Waals surface area contributed by atoms with E-state index in [1.165, 1.54) is 6.07 Å². The molecule has 7 nitrogen and oxygen atoms in total. The molecule has 1 aliphatic rings. The predicted molar refractivity (Wildman–Crippen MR) is 87.8 cm³/mol. The fourth-order valence-corrected chi connectivity index (χ4v) is 2.49. The topological polar surface area (TPSA) is 88.8 Å². The van der Waals surface area contributed by atoms with Crippen LogP contribution in [0.4, 0.5) is 5.82 Å². The Balaban J connectivity index is 1.67. The Morgan fingerprint density at radius 1 is 1.42 bits per heavy atom. The Hall–Kier alpha value is -3.09. The molecule has 3 aromatic rings. The Morgan fingerprint density at radius 3 is 2.96 bits per heavy atom. The van der Waals surface area contributed by atoms with Gasteiger partial charge in [-0.2, -0.15) is 4.98 Å². The highest BCUT2D eigenvalue weighted by Crippen LogP contribution is 2.29. The quantitative estimate of drug-likeness (QED) is 0.749. The lowest BCUT2D eigenvalue weighted by molar-refractivity contribution is 0.0697. The number of nitrogens with one attached hydrogen (secondary N) is 1. The van der Waals surface area contributed by atoms with Crippen LogP contribution in [0.3, 0.4) is 0 Å². The number of benzene rings is 1. The monoisotopic (exact) mass is 324 g/mol. The molecule has 2 heterocycles. The molecule has 1 saturated carbocycles. The predicted octanol–water partition coefficient (Wildman–Crippen LogP) is 3.10. The van der Waals surface area contributed by atoms with Crippen LogP contribution in [0.25, 0.3) is 5.65 Å². The lowest BCUT2D eigenvalue weighted by atomic mass is 10.1. The van der Waals surface area contributed by atoms with Crippen molar-refractivity contribution in [3.8, 4) is 11.6 Å². The van der Waals surface area contributed by atoms with Crippen molar-refractivity contribution in [1.29, 1.82) is 0 Å². The van der Waals surface area contributed by atoms with E-state index in [2.05, 4.69) is 15.3 Å². The van der Waals surface area contributed by atoms with E-state index in [-0.39, 0.29) is 5.56 Å². The molecule has 2 aromatic heterocycles. The first-order valence-corrected chi connectivity index (χ1v) is 7.72. The molecule has 0 unspecified atom stereocenters. The Labute approximate surface area is 137 Å². The molecule has 0 saturated heterocycles. The van der Waals surface area contributed by atoms with Gasteiger partial charge in [-0.25, -0.2) is 9.78 Å². The summed E-state index contributed by atoms with van der Waals surface area (Å²) in [6, 6.07) is 5.19. The highest BCUT2D eigenvalue weighted by molar-refractivity contribution is 5.88. The second kappa shape index (κ2) is 5.52. The molecule has 4 rings (SSSR count). The zero-order valence-electron chi connectivity index (χ0n) is 13.1. The molecule has 1 aliphatic carbocycles. The summed E-state index contributed by atoms with van der Waals surface area (Å²) in [6.45, 7) is 1.81. The number of imidazole rings is 1. The van der Waals surface area contributed by atoms with Crippen molar-refractivity contribution >= 4 is 17.4 Å². The first kappa shape index (κ1) is 14.5. The number of rotatable bonds is 5. The zero-order valence-corrected chi connectivity index (χ0v) is 13.1. The Morgan fingerprint density at radius 2 is 2.25 bits per heavy atom. The average Bonchev–Trinajstić information content (AvgIpc) is 3.23. The van der Waals surface area contributed by atoms with Crippen molar-refractivity contribution in [2.24, 2.45) is 0 Å². The van der Waals surface area contributed by atoms with Crippen LogP contribution in [-0.4, -0.2) is 31.5 Å². The van der Waals surface area contributed by atoms with Crippen LogP contribution in [0.5, 0.6) is 11.6 Å². The molecular weight excluding hydrogens is 308 g/mol. The number of fused-ring (bicyclic) bond motifs is 1. The number of hydrogen-bond acceptors (Lipinski definition) is 5. The Kier molecular flexibility index (Phi) is 3.34. The van der Waals surface area contributed by atoms with Gasteiger partial charge in [0, 0.05) is 18.4 Å². The molecule has 1 fully saturated rings. The maximum Gasteiger partial charge on any atom is 0.335 e. The van der Waals surface area contributed by atoms with Gasteiger partial charge in [0.05, 0.1) is 11.8 Å². The first-order valence-electron chi connectivity index (χ1n) is 7.72. The summed E-state index contributed by atoms with van der Waals surface area (Å²) < 4.78 is 7.73. The second-order valence-electron chi connectivity index (χ2n) is 5.89. The van der Waals surface area contributed by atoms with Crippen molar-refractivity contribution in [1.82, 2.24) is 14.4 Å². The first-order chi connectivity index (χ1) is 11.6. The molecule has 24 heavy (non-hydrogen) atoms. The molecule has 0 radical (unpaired) electrons. The summed E-state index contributed by atoms with van der Waals surface area (Å²) >= 11 is 0. The van der Waals surface area contributed by atoms with Gasteiger partial charge in [-0.3, -0.25) is 4.40 Å². The number of anilines is 1. The molecule has 0 aliphatic heterocycles. The molecular formula is C17H16N4O3. The van der Waals surface area contributed by atoms with Crippen LogP contribution >= 0.6 is 0 Å². The number of carboxylic acids is 1. The minimum atomic E-state index is -0.960. The van der Waals surface area contributed by atoms with E-state index in [1.54, 1.807) is 31.5 Å². The van der Waals surface area contributed by atoms with Gasteiger partial charge in [0.1, 0.15) is 5.75 Å². The number of aromatic carboxylic acids is 1. The van der Waals surface area contributed by atoms with Gasteiger partial charge in [-0.1, -0.05) is 0 Å². The average molecular weight is 324 g/mol. The van der Waals surface area contributed by atoms with Crippen molar-refractivity contribution in [3.05, 3.63) is 47.9 Å². The molecule has 0 spiro atoms. The van der Waals surface area contributed by atoms with Gasteiger partial charge in [0.25, 0.3) is 0 Å². The number of carbonyl (C=O) groups is 1. The summed E-state index contributed by atoms with van der Waals surface area (Å²) in [4.78, 5) is 19.8. The fraction of sp³-hybridized carbons (Fsp3) is 0.235. The van der Waals surface area contributed by atoms with Gasteiger partial charge in [-0.15, -0.1) is 0 Å². The minimum Gasteiger partial charge on any atom is -0.478 e. The highest BCUT2D eigenvalue weighted by Gasteiger charge is 2.23.